The molecule has 1 aliphatic rings. The molecule has 0 spiro atoms. The Labute approximate surface area is 96.4 Å². The lowest BCUT2D eigenvalue weighted by Crippen LogP contribution is -2.44. The van der Waals surface area contributed by atoms with E-state index in [-0.39, 0.29) is 6.04 Å². The van der Waals surface area contributed by atoms with Crippen LogP contribution in [0.15, 0.2) is 36.9 Å². The van der Waals surface area contributed by atoms with E-state index in [2.05, 4.69) is 16.8 Å². The number of hydrogen-bond donors (Lipinski definition) is 2. The molecule has 3 heteroatoms. The van der Waals surface area contributed by atoms with Crippen molar-refractivity contribution in [3.8, 4) is 5.75 Å². The van der Waals surface area contributed by atoms with Crippen LogP contribution in [0, 0.1) is 0 Å². The Bertz CT molecular complexity index is 341. The minimum atomic E-state index is 0.252. The van der Waals surface area contributed by atoms with E-state index in [1.54, 1.807) is 12.1 Å². The monoisotopic (exact) mass is 218 g/mol. The lowest BCUT2D eigenvalue weighted by Gasteiger charge is -2.33. The normalized spacial score (nSPS) is 19.2. The minimum Gasteiger partial charge on any atom is -0.508 e. The van der Waals surface area contributed by atoms with Crippen molar-refractivity contribution in [2.75, 3.05) is 26.2 Å². The summed E-state index contributed by atoms with van der Waals surface area (Å²) in [5.41, 5.74) is 1.19. The first-order valence-electron chi connectivity index (χ1n) is 5.67. The van der Waals surface area contributed by atoms with E-state index in [1.807, 2.05) is 18.2 Å². The molecule has 1 heterocycles. The molecular formula is C13H18N2O. The third-order valence-electron chi connectivity index (χ3n) is 3.00. The van der Waals surface area contributed by atoms with Crippen LogP contribution < -0.4 is 5.32 Å². The fraction of sp³-hybridized carbons (Fsp3) is 0.385. The second-order valence-electron chi connectivity index (χ2n) is 4.06. The lowest BCUT2D eigenvalue weighted by molar-refractivity contribution is 0.203. The molecule has 1 aromatic carbocycles. The zero-order chi connectivity index (χ0) is 11.4. The van der Waals surface area contributed by atoms with Crippen molar-refractivity contribution in [1.29, 1.82) is 0 Å². The Morgan fingerprint density at radius 2 is 1.88 bits per heavy atom. The first-order chi connectivity index (χ1) is 7.81. The van der Waals surface area contributed by atoms with Crippen LogP contribution in [0.25, 0.3) is 0 Å². The van der Waals surface area contributed by atoms with Crippen LogP contribution >= 0.6 is 0 Å². The van der Waals surface area contributed by atoms with E-state index in [1.165, 1.54) is 5.56 Å². The van der Waals surface area contributed by atoms with Gasteiger partial charge in [0, 0.05) is 26.2 Å². The molecule has 0 aromatic heterocycles. The van der Waals surface area contributed by atoms with Crippen LogP contribution in [0.3, 0.4) is 0 Å². The van der Waals surface area contributed by atoms with Gasteiger partial charge in [0.15, 0.2) is 0 Å². The van der Waals surface area contributed by atoms with Crippen molar-refractivity contribution < 1.29 is 5.11 Å². The van der Waals surface area contributed by atoms with Gasteiger partial charge < -0.3 is 10.4 Å². The van der Waals surface area contributed by atoms with Crippen LogP contribution in [0.2, 0.25) is 0 Å². The summed E-state index contributed by atoms with van der Waals surface area (Å²) < 4.78 is 0. The molecule has 1 aromatic rings. The number of piperazine rings is 1. The minimum absolute atomic E-state index is 0.252. The second-order valence-corrected chi connectivity index (χ2v) is 4.06. The summed E-state index contributed by atoms with van der Waals surface area (Å²) in [5.74, 6) is 0.312. The van der Waals surface area contributed by atoms with E-state index in [0.29, 0.717) is 5.75 Å². The molecule has 0 amide bonds. The highest BCUT2D eigenvalue weighted by Crippen LogP contribution is 2.23. The smallest absolute Gasteiger partial charge is 0.115 e. The van der Waals surface area contributed by atoms with Crippen molar-refractivity contribution in [1.82, 2.24) is 10.2 Å². The van der Waals surface area contributed by atoms with Crippen LogP contribution in [0.4, 0.5) is 0 Å². The molecule has 1 atom stereocenters. The van der Waals surface area contributed by atoms with Crippen molar-refractivity contribution in [3.05, 3.63) is 42.5 Å². The Morgan fingerprint density at radius 1 is 1.25 bits per heavy atom. The zero-order valence-electron chi connectivity index (χ0n) is 9.39. The van der Waals surface area contributed by atoms with Crippen LogP contribution in [0.1, 0.15) is 11.6 Å². The largest absolute Gasteiger partial charge is 0.508 e. The molecule has 0 saturated carbocycles. The maximum Gasteiger partial charge on any atom is 0.115 e. The van der Waals surface area contributed by atoms with E-state index in [0.717, 1.165) is 26.2 Å². The molecule has 3 nitrogen and oxygen atoms in total. The number of hydrogen-bond acceptors (Lipinski definition) is 3. The fourth-order valence-electron chi connectivity index (χ4n) is 2.13. The number of phenols is 1. The summed E-state index contributed by atoms with van der Waals surface area (Å²) in [7, 11) is 0. The van der Waals surface area contributed by atoms with Crippen molar-refractivity contribution in [2.24, 2.45) is 0 Å². The molecule has 1 aliphatic heterocycles. The molecule has 1 fully saturated rings. The maximum absolute atomic E-state index is 9.27. The van der Waals surface area contributed by atoms with Crippen molar-refractivity contribution in [2.45, 2.75) is 6.04 Å². The van der Waals surface area contributed by atoms with E-state index in [9.17, 15) is 5.11 Å². The Kier molecular flexibility index (Phi) is 3.59. The number of nitrogens with zero attached hydrogens (tertiary/aromatic N) is 1. The standard InChI is InChI=1S/C13H18N2O/c1-2-13(15-9-7-14-8-10-15)11-3-5-12(16)6-4-11/h2-6,13-14,16H,1,7-10H2/t13-/m0/s1. The van der Waals surface area contributed by atoms with Gasteiger partial charge in [0.25, 0.3) is 0 Å². The Hall–Kier alpha value is -1.32. The molecule has 2 rings (SSSR count). The zero-order valence-corrected chi connectivity index (χ0v) is 9.39. The molecule has 1 saturated heterocycles. The molecular weight excluding hydrogens is 200 g/mol. The Balaban J connectivity index is 2.14. The van der Waals surface area contributed by atoms with Gasteiger partial charge in [-0.15, -0.1) is 6.58 Å². The van der Waals surface area contributed by atoms with E-state index >= 15 is 0 Å². The van der Waals surface area contributed by atoms with Crippen molar-refractivity contribution in [3.63, 3.8) is 0 Å². The molecule has 2 N–H and O–H groups in total. The summed E-state index contributed by atoms with van der Waals surface area (Å²) in [6.45, 7) is 8.05. The predicted molar refractivity (Wildman–Crippen MR) is 65.5 cm³/mol. The van der Waals surface area contributed by atoms with Gasteiger partial charge in [-0.1, -0.05) is 18.2 Å². The van der Waals surface area contributed by atoms with Crippen LogP contribution in [-0.4, -0.2) is 36.2 Å². The fourth-order valence-corrected chi connectivity index (χ4v) is 2.13. The number of aromatic hydroxyl groups is 1. The molecule has 0 radical (unpaired) electrons. The molecule has 86 valence electrons. The van der Waals surface area contributed by atoms with E-state index in [4.69, 9.17) is 0 Å². The molecule has 0 aliphatic carbocycles. The average molecular weight is 218 g/mol. The number of phenolic OH excluding ortho intramolecular Hbond substituents is 1. The summed E-state index contributed by atoms with van der Waals surface area (Å²) >= 11 is 0. The third-order valence-corrected chi connectivity index (χ3v) is 3.00. The highest BCUT2D eigenvalue weighted by Gasteiger charge is 2.18. The van der Waals surface area contributed by atoms with Gasteiger partial charge in [-0.05, 0) is 17.7 Å². The summed E-state index contributed by atoms with van der Waals surface area (Å²) in [4.78, 5) is 2.40. The van der Waals surface area contributed by atoms with Crippen LogP contribution in [0.5, 0.6) is 5.75 Å². The number of benzene rings is 1. The predicted octanol–water partition coefficient (Wildman–Crippen LogP) is 1.52. The maximum atomic E-state index is 9.27. The highest BCUT2D eigenvalue weighted by molar-refractivity contribution is 5.30. The molecule has 16 heavy (non-hydrogen) atoms. The first-order valence-corrected chi connectivity index (χ1v) is 5.67. The van der Waals surface area contributed by atoms with Gasteiger partial charge in [-0.2, -0.15) is 0 Å². The molecule has 0 bridgehead atoms. The Morgan fingerprint density at radius 3 is 2.44 bits per heavy atom. The summed E-state index contributed by atoms with van der Waals surface area (Å²) in [6, 6.07) is 7.64. The van der Waals surface area contributed by atoms with Gasteiger partial charge in [-0.3, -0.25) is 4.90 Å². The van der Waals surface area contributed by atoms with Gasteiger partial charge in [-0.25, -0.2) is 0 Å². The third kappa shape index (κ3) is 2.43. The summed E-state index contributed by atoms with van der Waals surface area (Å²) in [6.07, 6.45) is 1.97. The average Bonchev–Trinajstić information content (AvgIpc) is 2.34. The van der Waals surface area contributed by atoms with E-state index < -0.39 is 0 Å². The van der Waals surface area contributed by atoms with Crippen LogP contribution in [-0.2, 0) is 0 Å². The second kappa shape index (κ2) is 5.14. The SMILES string of the molecule is C=C[C@@H](c1ccc(O)cc1)N1CCNCC1. The van der Waals surface area contributed by atoms with Gasteiger partial charge in [0.05, 0.1) is 6.04 Å². The lowest BCUT2D eigenvalue weighted by atomic mass is 10.0. The van der Waals surface area contributed by atoms with Gasteiger partial charge >= 0.3 is 0 Å². The van der Waals surface area contributed by atoms with Gasteiger partial charge in [0.1, 0.15) is 5.75 Å². The molecule has 0 unspecified atom stereocenters. The van der Waals surface area contributed by atoms with Gasteiger partial charge in [0.2, 0.25) is 0 Å². The highest BCUT2D eigenvalue weighted by atomic mass is 16.3. The topological polar surface area (TPSA) is 35.5 Å². The van der Waals surface area contributed by atoms with Crippen molar-refractivity contribution >= 4 is 0 Å². The number of rotatable bonds is 3. The quantitative estimate of drug-likeness (QED) is 0.755. The summed E-state index contributed by atoms with van der Waals surface area (Å²) in [5, 5.41) is 12.6. The first kappa shape index (κ1) is 11.2. The number of nitrogens with one attached hydrogen (secondary N) is 1.